The second-order valence-corrected chi connectivity index (χ2v) is 10.8. The fourth-order valence-electron chi connectivity index (χ4n) is 6.27. The molecule has 0 amide bonds. The van der Waals surface area contributed by atoms with E-state index in [1.54, 1.807) is 0 Å². The van der Waals surface area contributed by atoms with E-state index in [4.69, 9.17) is 4.98 Å². The molecule has 0 unspecified atom stereocenters. The minimum Gasteiger partial charge on any atom is -0.507 e. The van der Waals surface area contributed by atoms with Crippen LogP contribution in [0.1, 0.15) is 89.2 Å². The summed E-state index contributed by atoms with van der Waals surface area (Å²) >= 11 is 0. The van der Waals surface area contributed by atoms with Crippen LogP contribution in [-0.4, -0.2) is 15.1 Å². The highest BCUT2D eigenvalue weighted by molar-refractivity contribution is 5.84. The molecule has 0 radical (unpaired) electrons. The first-order chi connectivity index (χ1) is 18.7. The number of rotatable bonds is 12. The summed E-state index contributed by atoms with van der Waals surface area (Å²) in [5, 5.41) is 11.1. The Bertz CT molecular complexity index is 1350. The van der Waals surface area contributed by atoms with E-state index in [0.717, 1.165) is 46.6 Å². The van der Waals surface area contributed by atoms with E-state index in [1.807, 2.05) is 36.5 Å². The Kier molecular flexibility index (Phi) is 8.22. The minimum absolute atomic E-state index is 0.0772. The van der Waals surface area contributed by atoms with Crippen LogP contribution in [0.3, 0.4) is 0 Å². The number of aromatic hydroxyl groups is 1. The standard InChI is InChI=1S/C35H40N2O/c1-3-5-7-10-22-35(23-11-8-6-4-2)28-17-14-19-32(38)33(28)34-29(35)20-21-31(37-34)27-16-13-15-26(25-27)30-18-9-12-24-36-30/h9,12-21,24-25,38H,3-8,10-11,22-23H2,1-2H3. The minimum atomic E-state index is -0.0772. The second-order valence-electron chi connectivity index (χ2n) is 10.8. The summed E-state index contributed by atoms with van der Waals surface area (Å²) in [6.45, 7) is 4.54. The lowest BCUT2D eigenvalue weighted by atomic mass is 9.70. The van der Waals surface area contributed by atoms with Crippen LogP contribution >= 0.6 is 0 Å². The average Bonchev–Trinajstić information content (AvgIpc) is 3.24. The molecule has 1 aliphatic rings. The van der Waals surface area contributed by atoms with Crippen LogP contribution in [-0.2, 0) is 5.41 Å². The number of unbranched alkanes of at least 4 members (excludes halogenated alkanes) is 6. The highest BCUT2D eigenvalue weighted by atomic mass is 16.3. The molecule has 0 bridgehead atoms. The lowest BCUT2D eigenvalue weighted by Gasteiger charge is -2.32. The topological polar surface area (TPSA) is 46.0 Å². The molecule has 0 spiro atoms. The molecule has 0 saturated heterocycles. The molecule has 1 N–H and O–H groups in total. The first kappa shape index (κ1) is 26.2. The molecule has 196 valence electrons. The Morgan fingerprint density at radius 3 is 2.05 bits per heavy atom. The van der Waals surface area contributed by atoms with Crippen LogP contribution in [0.4, 0.5) is 0 Å². The quantitative estimate of drug-likeness (QED) is 0.195. The van der Waals surface area contributed by atoms with E-state index in [1.165, 1.54) is 62.5 Å². The molecule has 5 rings (SSSR count). The Labute approximate surface area is 228 Å². The second kappa shape index (κ2) is 11.9. The Hall–Kier alpha value is -3.46. The zero-order valence-electron chi connectivity index (χ0n) is 22.9. The van der Waals surface area contributed by atoms with Crippen LogP contribution in [0.2, 0.25) is 0 Å². The van der Waals surface area contributed by atoms with Gasteiger partial charge in [0.2, 0.25) is 0 Å². The molecule has 3 nitrogen and oxygen atoms in total. The van der Waals surface area contributed by atoms with Crippen molar-refractivity contribution in [2.45, 2.75) is 83.5 Å². The first-order valence-electron chi connectivity index (χ1n) is 14.5. The maximum Gasteiger partial charge on any atom is 0.125 e. The molecule has 2 heterocycles. The van der Waals surface area contributed by atoms with Gasteiger partial charge in [-0.05, 0) is 54.3 Å². The van der Waals surface area contributed by atoms with Gasteiger partial charge in [0.05, 0.1) is 17.1 Å². The summed E-state index contributed by atoms with van der Waals surface area (Å²) in [5.41, 5.74) is 8.43. The van der Waals surface area contributed by atoms with Crippen molar-refractivity contribution in [1.82, 2.24) is 9.97 Å². The fourth-order valence-corrected chi connectivity index (χ4v) is 6.27. The van der Waals surface area contributed by atoms with Gasteiger partial charge in [0.25, 0.3) is 0 Å². The third-order valence-electron chi connectivity index (χ3n) is 8.24. The summed E-state index contributed by atoms with van der Waals surface area (Å²) in [4.78, 5) is 9.80. The van der Waals surface area contributed by atoms with Crippen molar-refractivity contribution in [1.29, 1.82) is 0 Å². The summed E-state index contributed by atoms with van der Waals surface area (Å²) in [6, 6.07) is 25.0. The Morgan fingerprint density at radius 1 is 0.658 bits per heavy atom. The number of hydrogen-bond acceptors (Lipinski definition) is 3. The molecular formula is C35H40N2O. The van der Waals surface area contributed by atoms with Gasteiger partial charge in [0.1, 0.15) is 5.75 Å². The maximum absolute atomic E-state index is 11.1. The summed E-state index contributed by atoms with van der Waals surface area (Å²) < 4.78 is 0. The van der Waals surface area contributed by atoms with E-state index < -0.39 is 0 Å². The monoisotopic (exact) mass is 504 g/mol. The van der Waals surface area contributed by atoms with Gasteiger partial charge in [-0.3, -0.25) is 4.98 Å². The molecule has 0 atom stereocenters. The molecular weight excluding hydrogens is 464 g/mol. The average molecular weight is 505 g/mol. The van der Waals surface area contributed by atoms with Crippen molar-refractivity contribution in [2.75, 3.05) is 0 Å². The summed E-state index contributed by atoms with van der Waals surface area (Å²) in [7, 11) is 0. The van der Waals surface area contributed by atoms with Crippen molar-refractivity contribution in [3.63, 3.8) is 0 Å². The van der Waals surface area contributed by atoms with Crippen molar-refractivity contribution in [2.24, 2.45) is 0 Å². The number of benzene rings is 2. The molecule has 0 aliphatic heterocycles. The zero-order chi connectivity index (χ0) is 26.4. The highest BCUT2D eigenvalue weighted by Gasteiger charge is 2.44. The largest absolute Gasteiger partial charge is 0.507 e. The lowest BCUT2D eigenvalue weighted by Crippen LogP contribution is -2.25. The molecule has 2 aromatic carbocycles. The van der Waals surface area contributed by atoms with Crippen LogP contribution in [0, 0.1) is 0 Å². The van der Waals surface area contributed by atoms with Gasteiger partial charge in [0.15, 0.2) is 0 Å². The summed E-state index contributed by atoms with van der Waals surface area (Å²) in [6.07, 6.45) is 14.0. The third-order valence-corrected chi connectivity index (χ3v) is 8.24. The van der Waals surface area contributed by atoms with Crippen molar-refractivity contribution >= 4 is 0 Å². The molecule has 0 fully saturated rings. The van der Waals surface area contributed by atoms with E-state index in [2.05, 4.69) is 61.3 Å². The van der Waals surface area contributed by atoms with Crippen LogP contribution in [0.5, 0.6) is 5.75 Å². The van der Waals surface area contributed by atoms with Crippen LogP contribution in [0.15, 0.2) is 79.0 Å². The molecule has 3 heteroatoms. The van der Waals surface area contributed by atoms with E-state index >= 15 is 0 Å². The van der Waals surface area contributed by atoms with Gasteiger partial charge in [-0.1, -0.05) is 108 Å². The number of phenolic OH excluding ortho intramolecular Hbond substituents is 1. The van der Waals surface area contributed by atoms with Gasteiger partial charge in [-0.15, -0.1) is 0 Å². The van der Waals surface area contributed by atoms with Crippen molar-refractivity contribution in [3.05, 3.63) is 90.1 Å². The fraction of sp³-hybridized carbons (Fsp3) is 0.371. The van der Waals surface area contributed by atoms with Gasteiger partial charge in [-0.25, -0.2) is 4.98 Å². The number of pyridine rings is 2. The van der Waals surface area contributed by atoms with Crippen LogP contribution < -0.4 is 0 Å². The van der Waals surface area contributed by atoms with Crippen LogP contribution in [0.25, 0.3) is 33.8 Å². The van der Waals surface area contributed by atoms with Gasteiger partial charge in [-0.2, -0.15) is 0 Å². The molecule has 2 aromatic heterocycles. The zero-order valence-corrected chi connectivity index (χ0v) is 22.9. The Balaban J connectivity index is 1.58. The van der Waals surface area contributed by atoms with Gasteiger partial charge in [0, 0.05) is 28.3 Å². The van der Waals surface area contributed by atoms with Gasteiger partial charge >= 0.3 is 0 Å². The van der Waals surface area contributed by atoms with Crippen molar-refractivity contribution in [3.8, 4) is 39.5 Å². The first-order valence-corrected chi connectivity index (χ1v) is 14.5. The predicted molar refractivity (Wildman–Crippen MR) is 158 cm³/mol. The summed E-state index contributed by atoms with van der Waals surface area (Å²) in [5.74, 6) is 0.347. The normalized spacial score (nSPS) is 13.3. The number of nitrogens with zero attached hydrogens (tertiary/aromatic N) is 2. The molecule has 4 aromatic rings. The van der Waals surface area contributed by atoms with E-state index in [0.29, 0.717) is 5.75 Å². The lowest BCUT2D eigenvalue weighted by molar-refractivity contribution is 0.399. The predicted octanol–water partition coefficient (Wildman–Crippen LogP) is 9.72. The molecule has 1 aliphatic carbocycles. The van der Waals surface area contributed by atoms with Gasteiger partial charge < -0.3 is 5.11 Å². The number of fused-ring (bicyclic) bond motifs is 3. The molecule has 38 heavy (non-hydrogen) atoms. The van der Waals surface area contributed by atoms with E-state index in [9.17, 15) is 5.11 Å². The SMILES string of the molecule is CCCCCCC1(CCCCCC)c2ccc(-c3cccc(-c4ccccn4)c3)nc2-c2c(O)cccc21. The maximum atomic E-state index is 11.1. The number of aromatic nitrogens is 2. The number of hydrogen-bond donors (Lipinski definition) is 1. The van der Waals surface area contributed by atoms with Crippen molar-refractivity contribution < 1.29 is 5.11 Å². The molecule has 0 saturated carbocycles. The third kappa shape index (κ3) is 5.12. The smallest absolute Gasteiger partial charge is 0.125 e. The number of phenols is 1. The van der Waals surface area contributed by atoms with E-state index in [-0.39, 0.29) is 5.41 Å². The highest BCUT2D eigenvalue weighted by Crippen LogP contribution is 2.56. The Morgan fingerprint density at radius 2 is 1.37 bits per heavy atom.